The highest BCUT2D eigenvalue weighted by molar-refractivity contribution is 7.61. The molecule has 0 amide bonds. The zero-order chi connectivity index (χ0) is 22.9. The zero-order valence-corrected chi connectivity index (χ0v) is 17.8. The van der Waals surface area contributed by atoms with Gasteiger partial charge in [-0.2, -0.15) is 9.29 Å². The fourth-order valence-electron chi connectivity index (χ4n) is 2.29. The molecule has 1 saturated heterocycles. The predicted molar refractivity (Wildman–Crippen MR) is 98.9 cm³/mol. The van der Waals surface area contributed by atoms with Gasteiger partial charge in [0.1, 0.15) is 24.1 Å². The Morgan fingerprint density at radius 1 is 1.27 bits per heavy atom. The normalized spacial score (nSPS) is 28.8. The summed E-state index contributed by atoms with van der Waals surface area (Å²) < 4.78 is 43.0. The van der Waals surface area contributed by atoms with Crippen LogP contribution in [0.15, 0.2) is 17.1 Å². The Bertz CT molecular complexity index is 904. The SMILES string of the molecule is [CH2-][N+](C)(C)COP(=O)(O)OP(=O)(O)OC[C@H]1O[C@@H](n2ccc(N)nc2=O)[C@H](O)[C@@H]1O. The van der Waals surface area contributed by atoms with Gasteiger partial charge in [-0.25, -0.2) is 18.4 Å². The topological polar surface area (TPSA) is 213 Å². The lowest BCUT2D eigenvalue weighted by Crippen LogP contribution is -2.36. The number of nitrogens with zero attached hydrogens (tertiary/aromatic N) is 3. The standard InChI is InChI=1S/C13H24N4O11P2/c1-17(2,3)7-26-30(23,24)28-29(21,22)25-6-8-10(18)11(19)12(27-8)16-5-4-9(14)15-13(16)20/h4-5,8,10-12,18-19H,1,6-7H2,2-3H3,(H,21,22)(H,23,24)(H2,14,15,20)/t8-,10-,11-,12-/m1/s1. The first kappa shape index (κ1) is 25.0. The van der Waals surface area contributed by atoms with E-state index in [0.29, 0.717) is 0 Å². The molecule has 6 N–H and O–H groups in total. The van der Waals surface area contributed by atoms with Gasteiger partial charge in [0.25, 0.3) is 0 Å². The molecule has 0 spiro atoms. The van der Waals surface area contributed by atoms with Crippen LogP contribution in [0.2, 0.25) is 0 Å². The first-order chi connectivity index (χ1) is 13.6. The van der Waals surface area contributed by atoms with E-state index >= 15 is 0 Å². The molecule has 172 valence electrons. The summed E-state index contributed by atoms with van der Waals surface area (Å²) in [5, 5.41) is 20.2. The largest absolute Gasteiger partial charge is 0.485 e. The van der Waals surface area contributed by atoms with Crippen LogP contribution in [0.25, 0.3) is 0 Å². The summed E-state index contributed by atoms with van der Waals surface area (Å²) in [5.74, 6) is -0.0702. The van der Waals surface area contributed by atoms with E-state index in [9.17, 15) is 33.9 Å². The van der Waals surface area contributed by atoms with Crippen LogP contribution < -0.4 is 11.4 Å². The first-order valence-corrected chi connectivity index (χ1v) is 11.3. The second-order valence-corrected chi connectivity index (χ2v) is 10.1. The van der Waals surface area contributed by atoms with Crippen molar-refractivity contribution in [2.24, 2.45) is 0 Å². The van der Waals surface area contributed by atoms with E-state index in [1.807, 2.05) is 0 Å². The third-order valence-corrected chi connectivity index (χ3v) is 6.21. The fourth-order valence-corrected chi connectivity index (χ4v) is 4.50. The second kappa shape index (κ2) is 9.10. The predicted octanol–water partition coefficient (Wildman–Crippen LogP) is -1.48. The fraction of sp³-hybridized carbons (Fsp3) is 0.615. The molecule has 15 nitrogen and oxygen atoms in total. The van der Waals surface area contributed by atoms with Gasteiger partial charge >= 0.3 is 21.3 Å². The maximum absolute atomic E-state index is 11.9. The van der Waals surface area contributed by atoms with Gasteiger partial charge in [0.05, 0.1) is 6.61 Å². The molecule has 0 radical (unpaired) electrons. The van der Waals surface area contributed by atoms with Crippen LogP contribution in [-0.4, -0.2) is 79.8 Å². The van der Waals surface area contributed by atoms with Gasteiger partial charge < -0.3 is 35.0 Å². The summed E-state index contributed by atoms with van der Waals surface area (Å²) in [6.07, 6.45) is -4.87. The van der Waals surface area contributed by atoms with Crippen molar-refractivity contribution >= 4 is 21.5 Å². The maximum atomic E-state index is 11.9. The van der Waals surface area contributed by atoms with Crippen molar-refractivity contribution in [3.8, 4) is 0 Å². The number of rotatable bonds is 9. The summed E-state index contributed by atoms with van der Waals surface area (Å²) in [7, 11) is -3.49. The van der Waals surface area contributed by atoms with Crippen LogP contribution >= 0.6 is 15.6 Å². The molecule has 2 unspecified atom stereocenters. The molecule has 1 fully saturated rings. The molecule has 17 heteroatoms. The van der Waals surface area contributed by atoms with E-state index in [1.54, 1.807) is 0 Å². The number of nitrogen functional groups attached to an aromatic ring is 1. The average Bonchev–Trinajstić information content (AvgIpc) is 2.85. The molecule has 1 aromatic rings. The number of phosphoric ester groups is 2. The smallest absolute Gasteiger partial charge is 0.439 e. The third-order valence-electron chi connectivity index (χ3n) is 3.64. The van der Waals surface area contributed by atoms with Crippen LogP contribution in [0.4, 0.5) is 5.82 Å². The van der Waals surface area contributed by atoms with Gasteiger partial charge in [-0.15, -0.1) is 7.05 Å². The molecule has 2 rings (SSSR count). The number of nitrogens with two attached hydrogens (primary N) is 1. The number of hydrogen-bond donors (Lipinski definition) is 5. The van der Waals surface area contributed by atoms with Crippen LogP contribution in [-0.2, 0) is 27.2 Å². The second-order valence-electron chi connectivity index (χ2n) is 7.10. The number of aromatic nitrogens is 2. The van der Waals surface area contributed by atoms with E-state index in [0.717, 1.165) is 4.57 Å². The Balaban J connectivity index is 2.00. The summed E-state index contributed by atoms with van der Waals surface area (Å²) in [6, 6.07) is 1.26. The molecule has 0 bridgehead atoms. The molecule has 6 atom stereocenters. The molecule has 30 heavy (non-hydrogen) atoms. The Hall–Kier alpha value is -1.22. The maximum Gasteiger partial charge on any atom is 0.485 e. The molecular weight excluding hydrogens is 450 g/mol. The number of phosphoric acid groups is 2. The number of quaternary nitrogens is 1. The van der Waals surface area contributed by atoms with Crippen molar-refractivity contribution in [3.63, 3.8) is 0 Å². The van der Waals surface area contributed by atoms with Crippen LogP contribution in [0.3, 0.4) is 0 Å². The zero-order valence-electron chi connectivity index (χ0n) is 16.0. The molecule has 2 heterocycles. The highest BCUT2D eigenvalue weighted by Gasteiger charge is 2.46. The van der Waals surface area contributed by atoms with E-state index in [4.69, 9.17) is 10.5 Å². The van der Waals surface area contributed by atoms with Crippen molar-refractivity contribution in [1.29, 1.82) is 0 Å². The number of aliphatic hydroxyl groups is 2. The minimum absolute atomic E-state index is 0.0702. The van der Waals surface area contributed by atoms with E-state index in [1.165, 1.54) is 26.4 Å². The van der Waals surface area contributed by atoms with Gasteiger partial charge in [0, 0.05) is 20.3 Å². The molecule has 1 aromatic heterocycles. The van der Waals surface area contributed by atoms with Gasteiger partial charge in [0.15, 0.2) is 13.0 Å². The van der Waals surface area contributed by atoms with Crippen LogP contribution in [0, 0.1) is 7.05 Å². The quantitative estimate of drug-likeness (QED) is 0.120. The van der Waals surface area contributed by atoms with Gasteiger partial charge in [-0.05, 0) is 6.07 Å². The van der Waals surface area contributed by atoms with Crippen molar-refractivity contribution in [3.05, 3.63) is 29.8 Å². The van der Waals surface area contributed by atoms with Crippen LogP contribution in [0.5, 0.6) is 0 Å². The highest BCUT2D eigenvalue weighted by Crippen LogP contribution is 2.60. The molecular formula is C13H24N4O11P2. The highest BCUT2D eigenvalue weighted by atomic mass is 31.3. The lowest BCUT2D eigenvalue weighted by molar-refractivity contribution is -0.862. The summed E-state index contributed by atoms with van der Waals surface area (Å²) in [4.78, 5) is 34.5. The monoisotopic (exact) mass is 474 g/mol. The first-order valence-electron chi connectivity index (χ1n) is 8.30. The van der Waals surface area contributed by atoms with Crippen molar-refractivity contribution in [2.45, 2.75) is 24.5 Å². The van der Waals surface area contributed by atoms with E-state index in [2.05, 4.69) is 25.4 Å². The molecule has 0 aliphatic carbocycles. The molecule has 0 saturated carbocycles. The summed E-state index contributed by atoms with van der Waals surface area (Å²) >= 11 is 0. The van der Waals surface area contributed by atoms with Crippen molar-refractivity contribution < 1.29 is 51.7 Å². The summed E-state index contributed by atoms with van der Waals surface area (Å²) in [5.41, 5.74) is 4.51. The Kier molecular flexibility index (Phi) is 7.60. The van der Waals surface area contributed by atoms with Gasteiger partial charge in [-0.3, -0.25) is 9.09 Å². The minimum atomic E-state index is -5.14. The Morgan fingerprint density at radius 3 is 2.43 bits per heavy atom. The molecule has 1 aliphatic heterocycles. The number of anilines is 1. The lowest BCUT2D eigenvalue weighted by atomic mass is 10.1. The van der Waals surface area contributed by atoms with Crippen molar-refractivity contribution in [1.82, 2.24) is 9.55 Å². The summed E-state index contributed by atoms with van der Waals surface area (Å²) in [6.45, 7) is -1.26. The number of ether oxygens (including phenoxy) is 1. The average molecular weight is 474 g/mol. The minimum Gasteiger partial charge on any atom is -0.439 e. The van der Waals surface area contributed by atoms with E-state index < -0.39 is 59.2 Å². The Morgan fingerprint density at radius 2 is 1.87 bits per heavy atom. The van der Waals surface area contributed by atoms with E-state index in [-0.39, 0.29) is 10.3 Å². The molecule has 1 aliphatic rings. The van der Waals surface area contributed by atoms with Gasteiger partial charge in [-0.1, -0.05) is 0 Å². The van der Waals surface area contributed by atoms with Gasteiger partial charge in [0.2, 0.25) is 0 Å². The lowest BCUT2D eigenvalue weighted by Gasteiger charge is -2.32. The number of hydrogen-bond acceptors (Lipinski definition) is 11. The van der Waals surface area contributed by atoms with Crippen molar-refractivity contribution in [2.75, 3.05) is 33.2 Å². The molecule has 0 aromatic carbocycles. The number of aliphatic hydroxyl groups excluding tert-OH is 2. The Labute approximate surface area is 171 Å². The third kappa shape index (κ3) is 6.90. The van der Waals surface area contributed by atoms with Crippen LogP contribution in [0.1, 0.15) is 6.23 Å².